The standard InChI is InChI=1S/C16H21N3O5/c1-3-23-15(21)12-4-6-19(7-5-12)14(20)10-24-16(22)13-9-17-11(2)8-18-13/h8-9,12H,3-7,10H2,1-2H3. The zero-order chi connectivity index (χ0) is 17.5. The summed E-state index contributed by atoms with van der Waals surface area (Å²) in [6.45, 7) is 4.43. The van der Waals surface area contributed by atoms with Crippen LogP contribution in [0, 0.1) is 12.8 Å². The molecule has 0 atom stereocenters. The van der Waals surface area contributed by atoms with Crippen LogP contribution in [0.4, 0.5) is 0 Å². The summed E-state index contributed by atoms with van der Waals surface area (Å²) >= 11 is 0. The van der Waals surface area contributed by atoms with Gasteiger partial charge in [0.25, 0.3) is 5.91 Å². The minimum Gasteiger partial charge on any atom is -0.466 e. The van der Waals surface area contributed by atoms with Gasteiger partial charge in [0.05, 0.1) is 24.4 Å². The van der Waals surface area contributed by atoms with Crippen molar-refractivity contribution in [1.29, 1.82) is 0 Å². The molecular weight excluding hydrogens is 314 g/mol. The van der Waals surface area contributed by atoms with Gasteiger partial charge in [-0.25, -0.2) is 9.78 Å². The number of carbonyl (C=O) groups is 3. The molecule has 1 aliphatic rings. The number of piperidine rings is 1. The van der Waals surface area contributed by atoms with Gasteiger partial charge in [0, 0.05) is 19.3 Å². The Bertz CT molecular complexity index is 594. The van der Waals surface area contributed by atoms with Crippen molar-refractivity contribution >= 4 is 17.8 Å². The van der Waals surface area contributed by atoms with Crippen molar-refractivity contribution in [3.8, 4) is 0 Å². The van der Waals surface area contributed by atoms with E-state index in [4.69, 9.17) is 9.47 Å². The molecule has 0 aliphatic carbocycles. The quantitative estimate of drug-likeness (QED) is 0.732. The van der Waals surface area contributed by atoms with Gasteiger partial charge in [-0.1, -0.05) is 0 Å². The number of nitrogens with zero attached hydrogens (tertiary/aromatic N) is 3. The third-order valence-electron chi connectivity index (χ3n) is 3.78. The molecule has 1 fully saturated rings. The lowest BCUT2D eigenvalue weighted by molar-refractivity contribution is -0.151. The molecule has 130 valence electrons. The van der Waals surface area contributed by atoms with Gasteiger partial charge >= 0.3 is 11.9 Å². The molecule has 1 amide bonds. The summed E-state index contributed by atoms with van der Waals surface area (Å²) in [5.41, 5.74) is 0.751. The van der Waals surface area contributed by atoms with Gasteiger partial charge in [0.15, 0.2) is 12.3 Å². The number of carbonyl (C=O) groups excluding carboxylic acids is 3. The second-order valence-electron chi connectivity index (χ2n) is 5.53. The van der Waals surface area contributed by atoms with E-state index >= 15 is 0 Å². The molecule has 0 saturated carbocycles. The Kier molecular flexibility index (Phi) is 6.22. The highest BCUT2D eigenvalue weighted by molar-refractivity contribution is 5.89. The number of amides is 1. The summed E-state index contributed by atoms with van der Waals surface area (Å²) in [7, 11) is 0. The van der Waals surface area contributed by atoms with Crippen LogP contribution >= 0.6 is 0 Å². The average Bonchev–Trinajstić information content (AvgIpc) is 2.60. The van der Waals surface area contributed by atoms with Crippen LogP contribution in [0.2, 0.25) is 0 Å². The van der Waals surface area contributed by atoms with Crippen LogP contribution in [0.15, 0.2) is 12.4 Å². The number of aromatic nitrogens is 2. The largest absolute Gasteiger partial charge is 0.466 e. The summed E-state index contributed by atoms with van der Waals surface area (Å²) in [6.07, 6.45) is 3.88. The Balaban J connectivity index is 1.76. The lowest BCUT2D eigenvalue weighted by atomic mass is 9.97. The van der Waals surface area contributed by atoms with Gasteiger partial charge in [-0.05, 0) is 26.7 Å². The molecule has 2 rings (SSSR count). The molecule has 2 heterocycles. The highest BCUT2D eigenvalue weighted by Crippen LogP contribution is 2.18. The Morgan fingerprint density at radius 3 is 2.46 bits per heavy atom. The molecule has 24 heavy (non-hydrogen) atoms. The Morgan fingerprint density at radius 2 is 1.88 bits per heavy atom. The molecule has 0 bridgehead atoms. The fraction of sp³-hybridized carbons (Fsp3) is 0.562. The number of hydrogen-bond donors (Lipinski definition) is 0. The van der Waals surface area contributed by atoms with E-state index in [1.54, 1.807) is 18.7 Å². The Labute approximate surface area is 140 Å². The van der Waals surface area contributed by atoms with Gasteiger partial charge in [-0.2, -0.15) is 0 Å². The smallest absolute Gasteiger partial charge is 0.359 e. The van der Waals surface area contributed by atoms with Crippen molar-refractivity contribution in [3.05, 3.63) is 23.8 Å². The van der Waals surface area contributed by atoms with Crippen LogP contribution in [-0.2, 0) is 19.1 Å². The number of likely N-dealkylation sites (tertiary alicyclic amines) is 1. The maximum absolute atomic E-state index is 12.1. The predicted octanol–water partition coefficient (Wildman–Crippen LogP) is 0.744. The SMILES string of the molecule is CCOC(=O)C1CCN(C(=O)COC(=O)c2cnc(C)cn2)CC1. The molecule has 0 radical (unpaired) electrons. The first-order valence-electron chi connectivity index (χ1n) is 7.91. The lowest BCUT2D eigenvalue weighted by Gasteiger charge is -2.30. The van der Waals surface area contributed by atoms with Crippen molar-refractivity contribution in [2.45, 2.75) is 26.7 Å². The molecule has 8 nitrogen and oxygen atoms in total. The van der Waals surface area contributed by atoms with Crippen LogP contribution < -0.4 is 0 Å². The molecule has 0 aromatic carbocycles. The molecular formula is C16H21N3O5. The van der Waals surface area contributed by atoms with E-state index in [-0.39, 0.29) is 30.1 Å². The Hall–Kier alpha value is -2.51. The van der Waals surface area contributed by atoms with E-state index in [2.05, 4.69) is 9.97 Å². The van der Waals surface area contributed by atoms with Gasteiger partial charge in [0.2, 0.25) is 0 Å². The number of aryl methyl sites for hydroxylation is 1. The predicted molar refractivity (Wildman–Crippen MR) is 83.0 cm³/mol. The van der Waals surface area contributed by atoms with Crippen LogP contribution in [-0.4, -0.2) is 59.0 Å². The normalized spacial score (nSPS) is 15.0. The third kappa shape index (κ3) is 4.74. The van der Waals surface area contributed by atoms with E-state index in [1.807, 2.05) is 0 Å². The first kappa shape index (κ1) is 17.8. The van der Waals surface area contributed by atoms with Crippen molar-refractivity contribution in [2.24, 2.45) is 5.92 Å². The number of esters is 2. The number of ether oxygens (including phenoxy) is 2. The maximum atomic E-state index is 12.1. The van der Waals surface area contributed by atoms with Gasteiger partial charge in [-0.3, -0.25) is 14.6 Å². The van der Waals surface area contributed by atoms with E-state index in [1.165, 1.54) is 12.4 Å². The third-order valence-corrected chi connectivity index (χ3v) is 3.78. The van der Waals surface area contributed by atoms with Crippen molar-refractivity contribution in [3.63, 3.8) is 0 Å². The van der Waals surface area contributed by atoms with Crippen LogP contribution in [0.3, 0.4) is 0 Å². The lowest BCUT2D eigenvalue weighted by Crippen LogP contribution is -2.42. The topological polar surface area (TPSA) is 98.7 Å². The molecule has 8 heteroatoms. The molecule has 1 aliphatic heterocycles. The van der Waals surface area contributed by atoms with Crippen LogP contribution in [0.5, 0.6) is 0 Å². The van der Waals surface area contributed by atoms with Crippen LogP contribution in [0.25, 0.3) is 0 Å². The molecule has 1 aromatic heterocycles. The van der Waals surface area contributed by atoms with E-state index in [0.29, 0.717) is 38.2 Å². The second kappa shape index (κ2) is 8.37. The van der Waals surface area contributed by atoms with E-state index in [0.717, 1.165) is 0 Å². The highest BCUT2D eigenvalue weighted by atomic mass is 16.5. The van der Waals surface area contributed by atoms with Crippen molar-refractivity contribution in [2.75, 3.05) is 26.3 Å². The monoisotopic (exact) mass is 335 g/mol. The summed E-state index contributed by atoms with van der Waals surface area (Å²) in [5.74, 6) is -1.35. The summed E-state index contributed by atoms with van der Waals surface area (Å²) in [6, 6.07) is 0. The maximum Gasteiger partial charge on any atom is 0.359 e. The Morgan fingerprint density at radius 1 is 1.17 bits per heavy atom. The zero-order valence-corrected chi connectivity index (χ0v) is 13.9. The molecule has 0 unspecified atom stereocenters. The first-order chi connectivity index (χ1) is 11.5. The second-order valence-corrected chi connectivity index (χ2v) is 5.53. The van der Waals surface area contributed by atoms with Crippen molar-refractivity contribution in [1.82, 2.24) is 14.9 Å². The zero-order valence-electron chi connectivity index (χ0n) is 13.9. The average molecular weight is 335 g/mol. The number of rotatable bonds is 5. The van der Waals surface area contributed by atoms with Gasteiger partial charge in [-0.15, -0.1) is 0 Å². The molecule has 0 N–H and O–H groups in total. The summed E-state index contributed by atoms with van der Waals surface area (Å²) in [5, 5.41) is 0. The fourth-order valence-corrected chi connectivity index (χ4v) is 2.42. The van der Waals surface area contributed by atoms with E-state index in [9.17, 15) is 14.4 Å². The first-order valence-corrected chi connectivity index (χ1v) is 7.91. The summed E-state index contributed by atoms with van der Waals surface area (Å²) < 4.78 is 9.96. The minimum absolute atomic E-state index is 0.0643. The van der Waals surface area contributed by atoms with Gasteiger partial charge in [0.1, 0.15) is 0 Å². The highest BCUT2D eigenvalue weighted by Gasteiger charge is 2.28. The molecule has 0 spiro atoms. The van der Waals surface area contributed by atoms with Gasteiger partial charge < -0.3 is 14.4 Å². The molecule has 1 aromatic rings. The van der Waals surface area contributed by atoms with Crippen LogP contribution in [0.1, 0.15) is 35.9 Å². The minimum atomic E-state index is -0.683. The fourth-order valence-electron chi connectivity index (χ4n) is 2.42. The number of hydrogen-bond acceptors (Lipinski definition) is 7. The summed E-state index contributed by atoms with van der Waals surface area (Å²) in [4.78, 5) is 45.0. The van der Waals surface area contributed by atoms with E-state index < -0.39 is 5.97 Å². The van der Waals surface area contributed by atoms with Crippen molar-refractivity contribution < 1.29 is 23.9 Å². The molecule has 1 saturated heterocycles.